The maximum absolute atomic E-state index is 14.9. The van der Waals surface area contributed by atoms with Crippen molar-refractivity contribution in [2.24, 2.45) is 0 Å². The summed E-state index contributed by atoms with van der Waals surface area (Å²) in [5.41, 5.74) is 5.26. The Balaban J connectivity index is 1.41. The van der Waals surface area contributed by atoms with E-state index in [-0.39, 0.29) is 66.9 Å². The van der Waals surface area contributed by atoms with Crippen LogP contribution in [0, 0.1) is 18.6 Å². The predicted octanol–water partition coefficient (Wildman–Crippen LogP) is 3.75. The predicted molar refractivity (Wildman–Crippen MR) is 144 cm³/mol. The molecule has 0 unspecified atom stereocenters. The Morgan fingerprint density at radius 1 is 1.17 bits per heavy atom. The van der Waals surface area contributed by atoms with Gasteiger partial charge in [0.2, 0.25) is 11.8 Å². The van der Waals surface area contributed by atoms with Crippen molar-refractivity contribution in [2.75, 3.05) is 18.9 Å². The summed E-state index contributed by atoms with van der Waals surface area (Å²) in [4.78, 5) is 42.5. The van der Waals surface area contributed by atoms with Crippen molar-refractivity contribution in [3.8, 4) is 11.1 Å². The molecule has 2 aromatic heterocycles. The number of nitrogen functional groups attached to an aromatic ring is 1. The lowest BCUT2D eigenvalue weighted by molar-refractivity contribution is -0.131. The molecule has 2 aromatic carbocycles. The third-order valence-corrected chi connectivity index (χ3v) is 7.83. The Bertz CT molecular complexity index is 1790. The number of carbonyl (C=O) groups excluding carboxylic acids is 1. The fourth-order valence-electron chi connectivity index (χ4n) is 5.58. The molecule has 6 rings (SSSR count). The molecule has 2 aliphatic rings. The number of oxazole rings is 1. The van der Waals surface area contributed by atoms with E-state index in [9.17, 15) is 28.3 Å². The Labute approximate surface area is 231 Å². The van der Waals surface area contributed by atoms with Gasteiger partial charge in [-0.2, -0.15) is 0 Å². The van der Waals surface area contributed by atoms with Gasteiger partial charge in [0.1, 0.15) is 17.2 Å². The van der Waals surface area contributed by atoms with E-state index in [0.29, 0.717) is 22.0 Å². The number of rotatable bonds is 6. The van der Waals surface area contributed by atoms with Crippen LogP contribution < -0.4 is 21.9 Å². The molecular formula is C28H27F2N5O6. The number of carbonyl (C=O) groups is 2. The lowest BCUT2D eigenvalue weighted by Gasteiger charge is -2.35. The third-order valence-electron chi connectivity index (χ3n) is 7.83. The van der Waals surface area contributed by atoms with E-state index in [0.717, 1.165) is 25.0 Å². The summed E-state index contributed by atoms with van der Waals surface area (Å²) in [6, 6.07) is 5.19. The Kier molecular flexibility index (Phi) is 6.40. The topological polar surface area (TPSA) is 162 Å². The summed E-state index contributed by atoms with van der Waals surface area (Å²) in [5.74, 6) is -1.93. The van der Waals surface area contributed by atoms with Gasteiger partial charge in [0.05, 0.1) is 17.7 Å². The van der Waals surface area contributed by atoms with Crippen LogP contribution >= 0.6 is 0 Å². The van der Waals surface area contributed by atoms with E-state index in [1.54, 1.807) is 23.6 Å². The summed E-state index contributed by atoms with van der Waals surface area (Å²) >= 11 is 0. The Morgan fingerprint density at radius 2 is 1.90 bits per heavy atom. The van der Waals surface area contributed by atoms with Crippen LogP contribution in [0.4, 0.5) is 19.3 Å². The maximum Gasteiger partial charge on any atom is 0.405 e. The van der Waals surface area contributed by atoms with Gasteiger partial charge in [0.15, 0.2) is 11.1 Å². The van der Waals surface area contributed by atoms with Crippen molar-refractivity contribution in [1.29, 1.82) is 0 Å². The summed E-state index contributed by atoms with van der Waals surface area (Å²) in [6.45, 7) is 1.99. The molecule has 1 saturated heterocycles. The van der Waals surface area contributed by atoms with Gasteiger partial charge in [-0.05, 0) is 43.0 Å². The van der Waals surface area contributed by atoms with Crippen LogP contribution in [0.2, 0.25) is 0 Å². The molecule has 41 heavy (non-hydrogen) atoms. The molecule has 1 aliphatic carbocycles. The van der Waals surface area contributed by atoms with Crippen molar-refractivity contribution in [2.45, 2.75) is 50.7 Å². The molecule has 0 bridgehead atoms. The summed E-state index contributed by atoms with van der Waals surface area (Å²) in [6.07, 6.45) is 0.550. The minimum Gasteiger partial charge on any atom is -0.465 e. The van der Waals surface area contributed by atoms with E-state index in [4.69, 9.17) is 14.9 Å². The first-order valence-corrected chi connectivity index (χ1v) is 13.2. The number of fused-ring (bicyclic) bond motifs is 3. The van der Waals surface area contributed by atoms with E-state index in [1.807, 2.05) is 0 Å². The number of amides is 2. The zero-order chi connectivity index (χ0) is 29.1. The van der Waals surface area contributed by atoms with Crippen molar-refractivity contribution in [3.63, 3.8) is 0 Å². The maximum atomic E-state index is 14.9. The fourth-order valence-corrected chi connectivity index (χ4v) is 5.58. The average Bonchev–Trinajstić information content (AvgIpc) is 3.68. The smallest absolute Gasteiger partial charge is 0.405 e. The first kappa shape index (κ1) is 26.7. The third kappa shape index (κ3) is 4.55. The number of hydrogen-bond acceptors (Lipinski definition) is 7. The monoisotopic (exact) mass is 567 g/mol. The highest BCUT2D eigenvalue weighted by atomic mass is 19.1. The molecule has 13 heteroatoms. The number of halogens is 2. The van der Waals surface area contributed by atoms with Crippen molar-refractivity contribution < 1.29 is 32.6 Å². The number of nitrogens with two attached hydrogens (primary N) is 1. The summed E-state index contributed by atoms with van der Waals surface area (Å²) in [5, 5.41) is 14.8. The van der Waals surface area contributed by atoms with Gasteiger partial charge in [0.25, 0.3) is 5.56 Å². The van der Waals surface area contributed by atoms with Gasteiger partial charge in [0, 0.05) is 49.1 Å². The number of carboxylic acid groups (broad SMARTS) is 1. The highest BCUT2D eigenvalue weighted by Gasteiger charge is 2.41. The minimum absolute atomic E-state index is 0.0176. The molecule has 4 aromatic rings. The van der Waals surface area contributed by atoms with E-state index < -0.39 is 34.7 Å². The second-order valence-electron chi connectivity index (χ2n) is 10.5. The van der Waals surface area contributed by atoms with Gasteiger partial charge >= 0.3 is 6.09 Å². The largest absolute Gasteiger partial charge is 0.465 e. The number of nitrogens with zero attached hydrogens (tertiary/aromatic N) is 2. The zero-order valence-electron chi connectivity index (χ0n) is 22.1. The first-order valence-electron chi connectivity index (χ1n) is 13.2. The highest BCUT2D eigenvalue weighted by molar-refractivity contribution is 6.04. The molecule has 2 amide bonds. The van der Waals surface area contributed by atoms with Gasteiger partial charge in [-0.15, -0.1) is 0 Å². The van der Waals surface area contributed by atoms with Crippen molar-refractivity contribution >= 4 is 39.7 Å². The Hall–Kier alpha value is -4.52. The minimum atomic E-state index is -1.36. The first-order chi connectivity index (χ1) is 19.6. The van der Waals surface area contributed by atoms with Crippen molar-refractivity contribution in [1.82, 2.24) is 20.2 Å². The van der Waals surface area contributed by atoms with Gasteiger partial charge < -0.3 is 35.2 Å². The second-order valence-corrected chi connectivity index (χ2v) is 10.5. The number of anilines is 1. The van der Waals surface area contributed by atoms with Gasteiger partial charge in [-0.3, -0.25) is 9.59 Å². The molecule has 2 fully saturated rings. The molecule has 0 radical (unpaired) electrons. The number of aryl methyl sites for hydroxylation is 1. The number of nitrogens with one attached hydrogen (secondary N) is 2. The Morgan fingerprint density at radius 3 is 2.59 bits per heavy atom. The van der Waals surface area contributed by atoms with Crippen LogP contribution in [0.15, 0.2) is 33.5 Å². The van der Waals surface area contributed by atoms with Crippen LogP contribution in [-0.4, -0.2) is 45.4 Å². The van der Waals surface area contributed by atoms with Crippen LogP contribution in [-0.2, 0) is 16.1 Å². The second kappa shape index (κ2) is 9.84. The molecule has 1 saturated carbocycles. The molecule has 214 valence electrons. The van der Waals surface area contributed by atoms with E-state index in [2.05, 4.69) is 15.6 Å². The quantitative estimate of drug-likeness (QED) is 0.256. The number of pyridine rings is 1. The molecule has 1 aliphatic heterocycles. The molecule has 3 heterocycles. The van der Waals surface area contributed by atoms with Crippen LogP contribution in [0.25, 0.3) is 33.1 Å². The van der Waals surface area contributed by atoms with Crippen LogP contribution in [0.5, 0.6) is 0 Å². The average molecular weight is 568 g/mol. The molecule has 5 N–H and O–H groups in total. The number of benzene rings is 2. The number of hydrogen-bond donors (Lipinski definition) is 4. The zero-order valence-corrected chi connectivity index (χ0v) is 22.1. The summed E-state index contributed by atoms with van der Waals surface area (Å²) < 4.78 is 42.0. The summed E-state index contributed by atoms with van der Waals surface area (Å²) in [7, 11) is 0. The number of aromatic nitrogens is 2. The molecule has 0 spiro atoms. The molecule has 0 atom stereocenters. The van der Waals surface area contributed by atoms with Gasteiger partial charge in [-0.25, -0.2) is 18.6 Å². The lowest BCUT2D eigenvalue weighted by atomic mass is 9.89. The lowest BCUT2D eigenvalue weighted by Crippen LogP contribution is -2.60. The van der Waals surface area contributed by atoms with E-state index >= 15 is 0 Å². The molecule has 11 nitrogen and oxygen atoms in total. The van der Waals surface area contributed by atoms with E-state index in [1.165, 1.54) is 0 Å². The van der Waals surface area contributed by atoms with Crippen LogP contribution in [0.1, 0.15) is 43.2 Å². The van der Waals surface area contributed by atoms with Crippen molar-refractivity contribution in [3.05, 3.63) is 57.7 Å². The van der Waals surface area contributed by atoms with Crippen LogP contribution in [0.3, 0.4) is 0 Å². The fraction of sp³-hybridized carbons (Fsp3) is 0.357. The highest BCUT2D eigenvalue weighted by Crippen LogP contribution is 2.41. The normalized spacial score (nSPS) is 16.7. The molecular weight excluding hydrogens is 540 g/mol. The SMILES string of the molecule is Cc1c(-c2cc(F)c(N)cc2F)ccc2c3oc(CNC(=O)C4(NC(=O)O)CCOCC4)nc3c(=O)n(C3CC3)c12. The number of ether oxygens (including phenoxy) is 1. The van der Waals surface area contributed by atoms with Gasteiger partial charge in [-0.1, -0.05) is 6.07 Å². The standard InChI is InChI=1S/C28H27F2N5O6/c1-13-15(17-10-19(30)20(31)11-18(17)29)4-5-16-23(13)35(14-2-3-14)25(36)22-24(16)41-21(33-22)12-32-26(37)28(34-27(38)39)6-8-40-9-7-28/h4-5,10-11,14,34H,2-3,6-9,12,31H2,1H3,(H,32,37)(H,38,39).